The summed E-state index contributed by atoms with van der Waals surface area (Å²) in [6, 6.07) is 0. The lowest BCUT2D eigenvalue weighted by atomic mass is 9.69. The summed E-state index contributed by atoms with van der Waals surface area (Å²) >= 11 is 0. The Morgan fingerprint density at radius 2 is 2.09 bits per heavy atom. The van der Waals surface area contributed by atoms with Gasteiger partial charge in [0.2, 0.25) is 0 Å². The van der Waals surface area contributed by atoms with Crippen LogP contribution in [0.2, 0.25) is 0 Å². The van der Waals surface area contributed by atoms with E-state index in [2.05, 4.69) is 13.8 Å². The Morgan fingerprint density at radius 3 is 2.45 bits per heavy atom. The minimum Gasteiger partial charge on any atom is -0.396 e. The zero-order valence-corrected chi connectivity index (χ0v) is 7.51. The van der Waals surface area contributed by atoms with E-state index in [4.69, 9.17) is 0 Å². The van der Waals surface area contributed by atoms with Crippen molar-refractivity contribution in [3.8, 4) is 0 Å². The molecule has 2 aliphatic carbocycles. The monoisotopic (exact) mass is 154 g/mol. The molecule has 1 nitrogen and oxygen atoms in total. The fraction of sp³-hybridized carbons (Fsp3) is 1.00. The van der Waals surface area contributed by atoms with Crippen LogP contribution in [0.15, 0.2) is 0 Å². The highest BCUT2D eigenvalue weighted by molar-refractivity contribution is 5.01. The smallest absolute Gasteiger partial charge is 0.0467 e. The van der Waals surface area contributed by atoms with E-state index in [1.54, 1.807) is 0 Å². The predicted molar refractivity (Wildman–Crippen MR) is 45.2 cm³/mol. The van der Waals surface area contributed by atoms with E-state index < -0.39 is 0 Å². The second kappa shape index (κ2) is 2.22. The Labute approximate surface area is 68.8 Å². The van der Waals surface area contributed by atoms with E-state index in [1.807, 2.05) is 0 Å². The Balaban J connectivity index is 2.21. The molecule has 64 valence electrons. The van der Waals surface area contributed by atoms with Gasteiger partial charge in [-0.25, -0.2) is 0 Å². The number of hydrogen-bond donors (Lipinski definition) is 1. The molecular formula is C10H18O. The van der Waals surface area contributed by atoms with E-state index in [9.17, 15) is 5.11 Å². The molecule has 0 aromatic rings. The van der Waals surface area contributed by atoms with Gasteiger partial charge in [0.15, 0.2) is 0 Å². The van der Waals surface area contributed by atoms with Crippen LogP contribution in [-0.4, -0.2) is 11.7 Å². The molecule has 0 unspecified atom stereocenters. The summed E-state index contributed by atoms with van der Waals surface area (Å²) in [4.78, 5) is 0. The summed E-state index contributed by atoms with van der Waals surface area (Å²) in [5.41, 5.74) is 0.428. The van der Waals surface area contributed by atoms with E-state index in [0.29, 0.717) is 17.9 Å². The van der Waals surface area contributed by atoms with Gasteiger partial charge in [0, 0.05) is 6.61 Å². The summed E-state index contributed by atoms with van der Waals surface area (Å²) in [5, 5.41) is 9.22. The molecule has 0 spiro atoms. The summed E-state index contributed by atoms with van der Waals surface area (Å²) < 4.78 is 0. The van der Waals surface area contributed by atoms with E-state index >= 15 is 0 Å². The third-order valence-electron chi connectivity index (χ3n) is 4.25. The minimum atomic E-state index is 0.411. The van der Waals surface area contributed by atoms with Crippen LogP contribution in [-0.2, 0) is 0 Å². The van der Waals surface area contributed by atoms with Crippen LogP contribution in [0.1, 0.15) is 33.1 Å². The van der Waals surface area contributed by atoms with Crippen LogP contribution >= 0.6 is 0 Å². The maximum absolute atomic E-state index is 9.22. The molecule has 2 fully saturated rings. The summed E-state index contributed by atoms with van der Waals surface area (Å²) in [6.45, 7) is 5.07. The van der Waals surface area contributed by atoms with Crippen LogP contribution in [0.5, 0.6) is 0 Å². The molecule has 1 heteroatoms. The second-order valence-corrected chi connectivity index (χ2v) is 4.88. The first-order valence-corrected chi connectivity index (χ1v) is 4.77. The van der Waals surface area contributed by atoms with Crippen molar-refractivity contribution in [1.29, 1.82) is 0 Å². The van der Waals surface area contributed by atoms with Gasteiger partial charge in [0.05, 0.1) is 0 Å². The highest BCUT2D eigenvalue weighted by atomic mass is 16.3. The molecule has 0 saturated heterocycles. The van der Waals surface area contributed by atoms with Gasteiger partial charge >= 0.3 is 0 Å². The molecule has 2 bridgehead atoms. The minimum absolute atomic E-state index is 0.411. The molecule has 0 aliphatic heterocycles. The van der Waals surface area contributed by atoms with Crippen molar-refractivity contribution >= 4 is 0 Å². The molecule has 0 heterocycles. The zero-order chi connectivity index (χ0) is 8.06. The van der Waals surface area contributed by atoms with Crippen molar-refractivity contribution in [2.75, 3.05) is 6.61 Å². The average molecular weight is 154 g/mol. The molecule has 0 aromatic carbocycles. The average Bonchev–Trinajstić information content (AvgIpc) is 2.44. The van der Waals surface area contributed by atoms with Crippen LogP contribution in [0.4, 0.5) is 0 Å². The Morgan fingerprint density at radius 1 is 1.36 bits per heavy atom. The molecule has 0 radical (unpaired) electrons. The van der Waals surface area contributed by atoms with Gasteiger partial charge in [-0.15, -0.1) is 0 Å². The molecular weight excluding hydrogens is 136 g/mol. The lowest BCUT2D eigenvalue weighted by Crippen LogP contribution is -2.32. The largest absolute Gasteiger partial charge is 0.396 e. The molecule has 2 aliphatic rings. The standard InChI is InChI=1S/C10H18O/c1-10(2)8-4-3-7(5-8)9(10)6-11/h7-9,11H,3-6H2,1-2H3/t7-,8-,9-/m0/s1. The van der Waals surface area contributed by atoms with Gasteiger partial charge in [-0.1, -0.05) is 13.8 Å². The van der Waals surface area contributed by atoms with Crippen LogP contribution in [0.25, 0.3) is 0 Å². The second-order valence-electron chi connectivity index (χ2n) is 4.88. The van der Waals surface area contributed by atoms with Gasteiger partial charge < -0.3 is 5.11 Å². The fourth-order valence-electron chi connectivity index (χ4n) is 3.35. The normalized spacial score (nSPS) is 46.6. The first kappa shape index (κ1) is 7.60. The van der Waals surface area contributed by atoms with Crippen LogP contribution < -0.4 is 0 Å². The van der Waals surface area contributed by atoms with Crippen molar-refractivity contribution in [2.45, 2.75) is 33.1 Å². The fourth-order valence-corrected chi connectivity index (χ4v) is 3.35. The van der Waals surface area contributed by atoms with Crippen molar-refractivity contribution in [3.63, 3.8) is 0 Å². The highest BCUT2D eigenvalue weighted by Crippen LogP contribution is 2.58. The van der Waals surface area contributed by atoms with E-state index in [0.717, 1.165) is 11.8 Å². The molecule has 2 rings (SSSR count). The molecule has 11 heavy (non-hydrogen) atoms. The maximum atomic E-state index is 9.22. The number of fused-ring (bicyclic) bond motifs is 2. The van der Waals surface area contributed by atoms with Gasteiger partial charge in [-0.2, -0.15) is 0 Å². The Hall–Kier alpha value is -0.0400. The third kappa shape index (κ3) is 0.868. The van der Waals surface area contributed by atoms with Crippen molar-refractivity contribution in [1.82, 2.24) is 0 Å². The summed E-state index contributed by atoms with van der Waals surface area (Å²) in [5.74, 6) is 2.35. The first-order chi connectivity index (χ1) is 5.16. The summed E-state index contributed by atoms with van der Waals surface area (Å²) in [7, 11) is 0. The number of rotatable bonds is 1. The SMILES string of the molecule is CC1(C)[C@H]2CC[C@@H](C2)[C@@H]1CO. The predicted octanol–water partition coefficient (Wildman–Crippen LogP) is 2.05. The lowest BCUT2D eigenvalue weighted by molar-refractivity contribution is 0.0638. The van der Waals surface area contributed by atoms with Gasteiger partial charge in [0.25, 0.3) is 0 Å². The van der Waals surface area contributed by atoms with Gasteiger partial charge in [-0.3, -0.25) is 0 Å². The van der Waals surface area contributed by atoms with Crippen molar-refractivity contribution in [2.24, 2.45) is 23.2 Å². The molecule has 0 aromatic heterocycles. The highest BCUT2D eigenvalue weighted by Gasteiger charge is 2.51. The summed E-state index contributed by atoms with van der Waals surface area (Å²) in [6.07, 6.45) is 4.17. The topological polar surface area (TPSA) is 20.2 Å². The van der Waals surface area contributed by atoms with Crippen LogP contribution in [0.3, 0.4) is 0 Å². The molecule has 2 saturated carbocycles. The quantitative estimate of drug-likeness (QED) is 0.613. The lowest BCUT2D eigenvalue weighted by Gasteiger charge is -2.37. The Kier molecular flexibility index (Phi) is 1.54. The zero-order valence-electron chi connectivity index (χ0n) is 7.51. The van der Waals surface area contributed by atoms with Crippen molar-refractivity contribution < 1.29 is 5.11 Å². The molecule has 0 amide bonds. The van der Waals surface area contributed by atoms with Gasteiger partial charge in [0.1, 0.15) is 0 Å². The van der Waals surface area contributed by atoms with Crippen LogP contribution in [0, 0.1) is 23.2 Å². The number of aliphatic hydroxyl groups is 1. The third-order valence-corrected chi connectivity index (χ3v) is 4.25. The van der Waals surface area contributed by atoms with E-state index in [1.165, 1.54) is 19.3 Å². The van der Waals surface area contributed by atoms with Gasteiger partial charge in [-0.05, 0) is 42.4 Å². The molecule has 1 N–H and O–H groups in total. The van der Waals surface area contributed by atoms with Crippen molar-refractivity contribution in [3.05, 3.63) is 0 Å². The number of aliphatic hydroxyl groups excluding tert-OH is 1. The van der Waals surface area contributed by atoms with E-state index in [-0.39, 0.29) is 0 Å². The first-order valence-electron chi connectivity index (χ1n) is 4.77. The Bertz CT molecular complexity index is 162. The maximum Gasteiger partial charge on any atom is 0.0467 e. The number of hydrogen-bond acceptors (Lipinski definition) is 1. The molecule has 3 atom stereocenters.